The molecule has 0 radical (unpaired) electrons. The summed E-state index contributed by atoms with van der Waals surface area (Å²) in [5.41, 5.74) is 2.94. The number of hydrogen-bond acceptors (Lipinski definition) is 1. The van der Waals surface area contributed by atoms with Crippen LogP contribution in [0.4, 0.5) is 0 Å². The SMILES string of the molecule is Cc1ccc(C(C)NC(=O)c2cc(Br)cc(Br)c2)cc1. The molecule has 1 atom stereocenters. The topological polar surface area (TPSA) is 29.1 Å². The molecule has 2 aromatic carbocycles. The minimum absolute atomic E-state index is 0.0270. The van der Waals surface area contributed by atoms with Crippen LogP contribution in [0.1, 0.15) is 34.5 Å². The molecule has 1 amide bonds. The highest BCUT2D eigenvalue weighted by Gasteiger charge is 2.12. The van der Waals surface area contributed by atoms with Crippen LogP contribution in [-0.4, -0.2) is 5.91 Å². The first-order valence-corrected chi connectivity index (χ1v) is 7.88. The van der Waals surface area contributed by atoms with Crippen molar-refractivity contribution in [1.29, 1.82) is 0 Å². The third kappa shape index (κ3) is 3.93. The van der Waals surface area contributed by atoms with Crippen molar-refractivity contribution < 1.29 is 4.79 Å². The van der Waals surface area contributed by atoms with Gasteiger partial charge in [-0.2, -0.15) is 0 Å². The molecule has 104 valence electrons. The van der Waals surface area contributed by atoms with Crippen molar-refractivity contribution in [3.63, 3.8) is 0 Å². The fraction of sp³-hybridized carbons (Fsp3) is 0.188. The number of halogens is 2. The Hall–Kier alpha value is -1.13. The third-order valence-corrected chi connectivity index (χ3v) is 3.97. The first-order chi connectivity index (χ1) is 9.45. The van der Waals surface area contributed by atoms with Crippen molar-refractivity contribution in [2.45, 2.75) is 19.9 Å². The van der Waals surface area contributed by atoms with Gasteiger partial charge in [-0.1, -0.05) is 61.7 Å². The molecule has 0 heterocycles. The van der Waals surface area contributed by atoms with Crippen LogP contribution in [0.2, 0.25) is 0 Å². The molecule has 1 unspecified atom stereocenters. The van der Waals surface area contributed by atoms with E-state index in [0.717, 1.165) is 14.5 Å². The lowest BCUT2D eigenvalue weighted by Crippen LogP contribution is -2.26. The molecule has 0 saturated carbocycles. The van der Waals surface area contributed by atoms with E-state index in [9.17, 15) is 4.79 Å². The van der Waals surface area contributed by atoms with Gasteiger partial charge in [-0.15, -0.1) is 0 Å². The van der Waals surface area contributed by atoms with Gasteiger partial charge in [0, 0.05) is 14.5 Å². The largest absolute Gasteiger partial charge is 0.346 e. The summed E-state index contributed by atoms with van der Waals surface area (Å²) in [7, 11) is 0. The normalized spacial score (nSPS) is 12.0. The molecule has 0 spiro atoms. The van der Waals surface area contributed by atoms with E-state index in [4.69, 9.17) is 0 Å². The van der Waals surface area contributed by atoms with Crippen molar-refractivity contribution in [3.8, 4) is 0 Å². The molecule has 20 heavy (non-hydrogen) atoms. The van der Waals surface area contributed by atoms with Gasteiger partial charge >= 0.3 is 0 Å². The second-order valence-corrected chi connectivity index (χ2v) is 6.60. The molecule has 2 rings (SSSR count). The van der Waals surface area contributed by atoms with Crippen LogP contribution < -0.4 is 5.32 Å². The molecule has 2 nitrogen and oxygen atoms in total. The van der Waals surface area contributed by atoms with E-state index in [2.05, 4.69) is 37.2 Å². The van der Waals surface area contributed by atoms with Gasteiger partial charge in [-0.25, -0.2) is 0 Å². The second kappa shape index (κ2) is 6.55. The van der Waals surface area contributed by atoms with E-state index in [1.165, 1.54) is 5.56 Å². The molecular formula is C16H15Br2NO. The van der Waals surface area contributed by atoms with Gasteiger partial charge in [-0.3, -0.25) is 4.79 Å². The van der Waals surface area contributed by atoms with Crippen molar-refractivity contribution in [3.05, 3.63) is 68.1 Å². The summed E-state index contributed by atoms with van der Waals surface area (Å²) in [6.07, 6.45) is 0. The van der Waals surface area contributed by atoms with Crippen LogP contribution in [0, 0.1) is 6.92 Å². The number of carbonyl (C=O) groups is 1. The monoisotopic (exact) mass is 395 g/mol. The van der Waals surface area contributed by atoms with Crippen LogP contribution in [0.5, 0.6) is 0 Å². The summed E-state index contributed by atoms with van der Waals surface area (Å²) in [5.74, 6) is -0.0833. The molecular weight excluding hydrogens is 382 g/mol. The Kier molecular flexibility index (Phi) is 5.00. The molecule has 4 heteroatoms. The molecule has 0 aliphatic carbocycles. The Labute approximate surface area is 135 Å². The zero-order valence-electron chi connectivity index (χ0n) is 11.3. The van der Waals surface area contributed by atoms with Gasteiger partial charge in [0.1, 0.15) is 0 Å². The molecule has 0 bridgehead atoms. The highest BCUT2D eigenvalue weighted by molar-refractivity contribution is 9.11. The molecule has 0 aliphatic heterocycles. The van der Waals surface area contributed by atoms with Crippen LogP contribution in [0.25, 0.3) is 0 Å². The van der Waals surface area contributed by atoms with E-state index in [1.54, 1.807) is 0 Å². The van der Waals surface area contributed by atoms with Crippen LogP contribution in [0.3, 0.4) is 0 Å². The summed E-state index contributed by atoms with van der Waals surface area (Å²) in [4.78, 5) is 12.2. The Bertz CT molecular complexity index is 603. The minimum Gasteiger partial charge on any atom is -0.346 e. The fourth-order valence-corrected chi connectivity index (χ4v) is 3.20. The maximum atomic E-state index is 12.2. The van der Waals surface area contributed by atoms with Gasteiger partial charge in [0.25, 0.3) is 5.91 Å². The van der Waals surface area contributed by atoms with E-state index < -0.39 is 0 Å². The Morgan fingerprint density at radius 1 is 1.05 bits per heavy atom. The lowest BCUT2D eigenvalue weighted by Gasteiger charge is -2.15. The minimum atomic E-state index is -0.0833. The Balaban J connectivity index is 2.12. The number of carbonyl (C=O) groups excluding carboxylic acids is 1. The first kappa shape index (κ1) is 15.3. The number of amides is 1. The maximum absolute atomic E-state index is 12.2. The maximum Gasteiger partial charge on any atom is 0.251 e. The summed E-state index contributed by atoms with van der Waals surface area (Å²) in [6, 6.07) is 13.7. The predicted molar refractivity (Wildman–Crippen MR) is 88.9 cm³/mol. The van der Waals surface area contributed by atoms with E-state index in [-0.39, 0.29) is 11.9 Å². The van der Waals surface area contributed by atoms with E-state index in [1.807, 2.05) is 56.3 Å². The van der Waals surface area contributed by atoms with E-state index in [0.29, 0.717) is 5.56 Å². The molecule has 0 aliphatic rings. The Morgan fingerprint density at radius 2 is 1.60 bits per heavy atom. The van der Waals surface area contributed by atoms with Gasteiger partial charge < -0.3 is 5.32 Å². The average molecular weight is 397 g/mol. The zero-order chi connectivity index (χ0) is 14.7. The summed E-state index contributed by atoms with van der Waals surface area (Å²) >= 11 is 6.78. The quantitative estimate of drug-likeness (QED) is 0.775. The van der Waals surface area contributed by atoms with Gasteiger partial charge in [0.15, 0.2) is 0 Å². The van der Waals surface area contributed by atoms with Crippen LogP contribution in [0.15, 0.2) is 51.4 Å². The van der Waals surface area contributed by atoms with Crippen molar-refractivity contribution in [1.82, 2.24) is 5.32 Å². The summed E-state index contributed by atoms with van der Waals surface area (Å²) < 4.78 is 1.75. The fourth-order valence-electron chi connectivity index (χ4n) is 1.90. The number of nitrogens with one attached hydrogen (secondary N) is 1. The average Bonchev–Trinajstić information content (AvgIpc) is 2.38. The lowest BCUT2D eigenvalue weighted by molar-refractivity contribution is 0.0940. The Morgan fingerprint density at radius 3 is 2.15 bits per heavy atom. The molecule has 1 N–H and O–H groups in total. The van der Waals surface area contributed by atoms with Gasteiger partial charge in [-0.05, 0) is 37.6 Å². The summed E-state index contributed by atoms with van der Waals surface area (Å²) in [5, 5.41) is 3.01. The number of aryl methyl sites for hydroxylation is 1. The lowest BCUT2D eigenvalue weighted by atomic mass is 10.1. The highest BCUT2D eigenvalue weighted by Crippen LogP contribution is 2.21. The van der Waals surface area contributed by atoms with Crippen molar-refractivity contribution >= 4 is 37.8 Å². The molecule has 0 fully saturated rings. The van der Waals surface area contributed by atoms with Crippen LogP contribution >= 0.6 is 31.9 Å². The number of benzene rings is 2. The standard InChI is InChI=1S/C16H15Br2NO/c1-10-3-5-12(6-4-10)11(2)19-16(20)13-7-14(17)9-15(18)8-13/h3-9,11H,1-2H3,(H,19,20). The molecule has 0 saturated heterocycles. The van der Waals surface area contributed by atoms with Gasteiger partial charge in [0.05, 0.1) is 6.04 Å². The smallest absolute Gasteiger partial charge is 0.251 e. The van der Waals surface area contributed by atoms with Crippen molar-refractivity contribution in [2.75, 3.05) is 0 Å². The van der Waals surface area contributed by atoms with Crippen LogP contribution in [-0.2, 0) is 0 Å². The summed E-state index contributed by atoms with van der Waals surface area (Å²) in [6.45, 7) is 4.03. The number of hydrogen-bond donors (Lipinski definition) is 1. The highest BCUT2D eigenvalue weighted by atomic mass is 79.9. The molecule has 2 aromatic rings. The van der Waals surface area contributed by atoms with Gasteiger partial charge in [0.2, 0.25) is 0 Å². The van der Waals surface area contributed by atoms with Crippen molar-refractivity contribution in [2.24, 2.45) is 0 Å². The number of rotatable bonds is 3. The second-order valence-electron chi connectivity index (χ2n) is 4.76. The first-order valence-electron chi connectivity index (χ1n) is 6.29. The van der Waals surface area contributed by atoms with E-state index >= 15 is 0 Å². The zero-order valence-corrected chi connectivity index (χ0v) is 14.5. The molecule has 0 aromatic heterocycles. The third-order valence-electron chi connectivity index (χ3n) is 3.05. The predicted octanol–water partition coefficient (Wildman–Crippen LogP) is 5.01.